The number of carboxylic acid groups (broad SMARTS) is 1. The van der Waals surface area contributed by atoms with Gasteiger partial charge in [0.1, 0.15) is 23.2 Å². The minimum absolute atomic E-state index is 0.0472. The van der Waals surface area contributed by atoms with Crippen molar-refractivity contribution in [1.82, 2.24) is 10.6 Å². The molecular weight excluding hydrogens is 604 g/mol. The Morgan fingerprint density at radius 2 is 1.65 bits per heavy atom. The van der Waals surface area contributed by atoms with Crippen molar-refractivity contribution < 1.29 is 28.3 Å². The molecule has 0 fully saturated rings. The van der Waals surface area contributed by atoms with Gasteiger partial charge in [0, 0.05) is 45.4 Å². The average Bonchev–Trinajstić information content (AvgIpc) is 3.42. The quantitative estimate of drug-likeness (QED) is 0.141. The van der Waals surface area contributed by atoms with E-state index in [2.05, 4.69) is 31.4 Å². The molecule has 9 nitrogen and oxygen atoms in total. The molecule has 10 heteroatoms. The summed E-state index contributed by atoms with van der Waals surface area (Å²) < 4.78 is 11.6. The molecule has 2 atom stereocenters. The van der Waals surface area contributed by atoms with E-state index < -0.39 is 35.5 Å². The predicted molar refractivity (Wildman–Crippen MR) is 182 cm³/mol. The number of hydrogen-bond donors (Lipinski definition) is 3. The molecule has 0 aliphatic carbocycles. The van der Waals surface area contributed by atoms with Gasteiger partial charge in [-0.15, -0.1) is 0 Å². The lowest BCUT2D eigenvalue weighted by molar-refractivity contribution is -0.141. The van der Waals surface area contributed by atoms with Crippen LogP contribution >= 0.6 is 11.8 Å². The first-order valence-corrected chi connectivity index (χ1v) is 16.7. The van der Waals surface area contributed by atoms with Crippen LogP contribution in [-0.2, 0) is 32.0 Å². The number of carboxylic acids is 1. The highest BCUT2D eigenvalue weighted by Crippen LogP contribution is 2.37. The van der Waals surface area contributed by atoms with Crippen molar-refractivity contribution in [1.29, 1.82) is 0 Å². The minimum Gasteiger partial charge on any atom is -0.480 e. The molecule has 4 aromatic rings. The van der Waals surface area contributed by atoms with Gasteiger partial charge in [0.2, 0.25) is 11.8 Å². The first-order chi connectivity index (χ1) is 21.7. The van der Waals surface area contributed by atoms with E-state index in [1.165, 1.54) is 11.8 Å². The topological polar surface area (TPSA) is 139 Å². The van der Waals surface area contributed by atoms with Crippen molar-refractivity contribution in [2.45, 2.75) is 91.0 Å². The van der Waals surface area contributed by atoms with Gasteiger partial charge in [-0.1, -0.05) is 65.0 Å². The van der Waals surface area contributed by atoms with Crippen LogP contribution in [-0.4, -0.2) is 40.7 Å². The third-order valence-corrected chi connectivity index (χ3v) is 9.23. The van der Waals surface area contributed by atoms with Crippen LogP contribution in [0.3, 0.4) is 0 Å². The highest BCUT2D eigenvalue weighted by molar-refractivity contribution is 7.98. The Morgan fingerprint density at radius 3 is 2.28 bits per heavy atom. The zero-order chi connectivity index (χ0) is 33.8. The van der Waals surface area contributed by atoms with Crippen molar-refractivity contribution >= 4 is 51.5 Å². The number of carbonyl (C=O) groups is 3. The molecule has 3 N–H and O–H groups in total. The van der Waals surface area contributed by atoms with Crippen LogP contribution in [0.1, 0.15) is 75.3 Å². The van der Waals surface area contributed by atoms with E-state index in [1.54, 1.807) is 6.26 Å². The molecule has 0 saturated heterocycles. The molecule has 2 heterocycles. The molecule has 0 bridgehead atoms. The maximum absolute atomic E-state index is 13.2. The van der Waals surface area contributed by atoms with E-state index in [4.69, 9.17) is 8.83 Å². The molecular formula is C36H44N2O7S. The third kappa shape index (κ3) is 8.20. The number of nitrogens with one attached hydrogen (secondary N) is 2. The molecule has 0 spiro atoms. The van der Waals surface area contributed by atoms with Crippen LogP contribution in [0.15, 0.2) is 56.3 Å². The molecule has 2 unspecified atom stereocenters. The van der Waals surface area contributed by atoms with Crippen LogP contribution in [0.25, 0.3) is 21.9 Å². The van der Waals surface area contributed by atoms with Gasteiger partial charge in [0.15, 0.2) is 0 Å². The lowest BCUT2D eigenvalue weighted by Gasteiger charge is -2.23. The zero-order valence-electron chi connectivity index (χ0n) is 27.6. The molecule has 4 rings (SSSR count). The van der Waals surface area contributed by atoms with Crippen molar-refractivity contribution in [3.05, 3.63) is 80.9 Å². The summed E-state index contributed by atoms with van der Waals surface area (Å²) in [5.74, 6) is -1.26. The smallest absolute Gasteiger partial charge is 0.339 e. The second kappa shape index (κ2) is 14.6. The summed E-state index contributed by atoms with van der Waals surface area (Å²) in [6.45, 7) is 13.9. The largest absolute Gasteiger partial charge is 0.480 e. The lowest BCUT2D eigenvalue weighted by atomic mass is 9.86. The van der Waals surface area contributed by atoms with Gasteiger partial charge in [-0.25, -0.2) is 9.59 Å². The van der Waals surface area contributed by atoms with Crippen LogP contribution in [0, 0.1) is 19.8 Å². The summed E-state index contributed by atoms with van der Waals surface area (Å²) in [5.41, 5.74) is 4.46. The number of rotatable bonds is 13. The fourth-order valence-corrected chi connectivity index (χ4v) is 6.60. The molecule has 46 heavy (non-hydrogen) atoms. The fraction of sp³-hybridized carbons (Fsp3) is 0.444. The highest BCUT2D eigenvalue weighted by Gasteiger charge is 2.28. The summed E-state index contributed by atoms with van der Waals surface area (Å²) in [6.07, 6.45) is 2.15. The number of benzene rings is 2. The van der Waals surface area contributed by atoms with Gasteiger partial charge in [-0.3, -0.25) is 9.59 Å². The number of amides is 2. The Kier molecular flexibility index (Phi) is 11.0. The molecule has 2 aromatic heterocycles. The zero-order valence-corrected chi connectivity index (χ0v) is 28.4. The number of aryl methyl sites for hydroxylation is 2. The van der Waals surface area contributed by atoms with Crippen molar-refractivity contribution in [2.24, 2.45) is 5.92 Å². The number of carbonyl (C=O) groups excluding carboxylic acids is 2. The maximum Gasteiger partial charge on any atom is 0.339 e. The van der Waals surface area contributed by atoms with E-state index in [9.17, 15) is 24.3 Å². The van der Waals surface area contributed by atoms with Gasteiger partial charge in [0.25, 0.3) is 0 Å². The van der Waals surface area contributed by atoms with Crippen molar-refractivity contribution in [2.75, 3.05) is 5.75 Å². The van der Waals surface area contributed by atoms with E-state index in [0.717, 1.165) is 33.0 Å². The molecule has 246 valence electrons. The van der Waals surface area contributed by atoms with E-state index in [-0.39, 0.29) is 29.9 Å². The lowest BCUT2D eigenvalue weighted by Crippen LogP contribution is -2.52. The first kappa shape index (κ1) is 34.8. The van der Waals surface area contributed by atoms with Gasteiger partial charge in [0.05, 0.1) is 6.26 Å². The Morgan fingerprint density at radius 1 is 0.957 bits per heavy atom. The molecule has 2 amide bonds. The van der Waals surface area contributed by atoms with Gasteiger partial charge in [-0.2, -0.15) is 11.8 Å². The van der Waals surface area contributed by atoms with Crippen LogP contribution in [0.4, 0.5) is 0 Å². The SMILES string of the molecule is Cc1c(CCC(=O)NC(CC(C)C)C(=O)NC(CSCc2ccccc2)C(=O)O)c(=O)oc2c(C)c3occ(C(C)(C)C)c3cc12. The number of aliphatic carboxylic acids is 1. The Balaban J connectivity index is 1.47. The molecule has 0 radical (unpaired) electrons. The van der Waals surface area contributed by atoms with E-state index in [0.29, 0.717) is 28.9 Å². The summed E-state index contributed by atoms with van der Waals surface area (Å²) in [5, 5.41) is 16.9. The number of fused-ring (bicyclic) bond motifs is 2. The van der Waals surface area contributed by atoms with Gasteiger partial charge >= 0.3 is 11.6 Å². The Bertz CT molecular complexity index is 1780. The predicted octanol–water partition coefficient (Wildman–Crippen LogP) is 6.42. The summed E-state index contributed by atoms with van der Waals surface area (Å²) in [6, 6.07) is 9.63. The Labute approximate surface area is 273 Å². The van der Waals surface area contributed by atoms with Crippen molar-refractivity contribution in [3.63, 3.8) is 0 Å². The van der Waals surface area contributed by atoms with Gasteiger partial charge < -0.3 is 24.6 Å². The minimum atomic E-state index is -1.14. The van der Waals surface area contributed by atoms with Gasteiger partial charge in [-0.05, 0) is 55.2 Å². The van der Waals surface area contributed by atoms with Crippen LogP contribution < -0.4 is 16.3 Å². The second-order valence-corrected chi connectivity index (χ2v) is 14.3. The van der Waals surface area contributed by atoms with E-state index >= 15 is 0 Å². The molecule has 0 aliphatic rings. The summed E-state index contributed by atoms with van der Waals surface area (Å²) >= 11 is 1.41. The first-order valence-electron chi connectivity index (χ1n) is 15.6. The van der Waals surface area contributed by atoms with Crippen LogP contribution in [0.5, 0.6) is 0 Å². The summed E-state index contributed by atoms with van der Waals surface area (Å²) in [4.78, 5) is 51.4. The van der Waals surface area contributed by atoms with Crippen molar-refractivity contribution in [3.8, 4) is 0 Å². The standard InChI is InChI=1S/C36H44N2O7S/c1-20(2)15-28(33(40)38-29(34(41)42)19-46-18-23-11-9-8-10-12-23)37-30(39)14-13-24-21(3)25-16-26-27(36(5,6)7)17-44-31(26)22(4)32(25)45-35(24)43/h8-12,16-17,20,28-29H,13-15,18-19H2,1-7H3,(H,37,39)(H,38,40)(H,41,42). The number of hydrogen-bond acceptors (Lipinski definition) is 7. The number of furan rings is 1. The highest BCUT2D eigenvalue weighted by atomic mass is 32.2. The Hall–Kier alpha value is -4.05. The maximum atomic E-state index is 13.2. The van der Waals surface area contributed by atoms with E-state index in [1.807, 2.05) is 64.1 Å². The van der Waals surface area contributed by atoms with Crippen LogP contribution in [0.2, 0.25) is 0 Å². The second-order valence-electron chi connectivity index (χ2n) is 13.3. The molecule has 0 saturated carbocycles. The third-order valence-electron chi connectivity index (χ3n) is 8.12. The number of thioether (sulfide) groups is 1. The monoisotopic (exact) mass is 648 g/mol. The average molecular weight is 649 g/mol. The normalized spacial score (nSPS) is 13.2. The summed E-state index contributed by atoms with van der Waals surface area (Å²) in [7, 11) is 0. The molecule has 0 aliphatic heterocycles. The molecule has 2 aromatic carbocycles. The fourth-order valence-electron chi connectivity index (χ4n) is 5.59.